The van der Waals surface area contributed by atoms with E-state index in [0.717, 1.165) is 19.3 Å². The third-order valence-electron chi connectivity index (χ3n) is 4.16. The van der Waals surface area contributed by atoms with Gasteiger partial charge in [-0.1, -0.05) is 33.3 Å². The van der Waals surface area contributed by atoms with Crippen LogP contribution in [0.15, 0.2) is 24.4 Å². The molecule has 0 aliphatic carbocycles. The van der Waals surface area contributed by atoms with Crippen molar-refractivity contribution in [2.24, 2.45) is 5.92 Å². The smallest absolute Gasteiger partial charge is 0.287 e. The fourth-order valence-corrected chi connectivity index (χ4v) is 2.59. The predicted octanol–water partition coefficient (Wildman–Crippen LogP) is 2.98. The van der Waals surface area contributed by atoms with Crippen molar-refractivity contribution in [2.75, 3.05) is 20.1 Å². The summed E-state index contributed by atoms with van der Waals surface area (Å²) in [5, 5.41) is 2.89. The molecule has 6 nitrogen and oxygen atoms in total. The number of nitrogens with one attached hydrogen (secondary N) is 1. The van der Waals surface area contributed by atoms with Gasteiger partial charge in [0.25, 0.3) is 11.8 Å². The van der Waals surface area contributed by atoms with E-state index < -0.39 is 0 Å². The average Bonchev–Trinajstić information content (AvgIpc) is 2.98. The van der Waals surface area contributed by atoms with Gasteiger partial charge in [-0.25, -0.2) is 4.98 Å². The van der Waals surface area contributed by atoms with E-state index in [1.54, 1.807) is 22.5 Å². The monoisotopic (exact) mass is 344 g/mol. The van der Waals surface area contributed by atoms with Crippen LogP contribution in [0.25, 0.3) is 5.52 Å². The van der Waals surface area contributed by atoms with Gasteiger partial charge in [0, 0.05) is 26.3 Å². The van der Waals surface area contributed by atoms with Crippen LogP contribution in [0.1, 0.15) is 61.1 Å². The lowest BCUT2D eigenvalue weighted by Crippen LogP contribution is -2.29. The second-order valence-corrected chi connectivity index (χ2v) is 6.76. The Kier molecular flexibility index (Phi) is 6.56. The minimum Gasteiger partial charge on any atom is -0.349 e. The lowest BCUT2D eigenvalue weighted by molar-refractivity contribution is 0.0790. The molecule has 0 saturated heterocycles. The molecule has 0 bridgehead atoms. The fraction of sp³-hybridized carbons (Fsp3) is 0.526. The van der Waals surface area contributed by atoms with Gasteiger partial charge < -0.3 is 10.2 Å². The Hall–Kier alpha value is -2.37. The number of hydrogen-bond acceptors (Lipinski definition) is 3. The van der Waals surface area contributed by atoms with E-state index in [1.807, 2.05) is 18.2 Å². The first-order valence-electron chi connectivity index (χ1n) is 8.96. The number of rotatable bonds is 8. The number of imidazole rings is 1. The standard InChI is InChI=1S/C19H28N4O2/c1-5-6-12-22(4)19(25)16-15-9-7-8-13-23(15)17(21-16)18(24)20-11-10-14(2)3/h7-9,13-14H,5-6,10-12H2,1-4H3,(H,20,24). The molecule has 25 heavy (non-hydrogen) atoms. The van der Waals surface area contributed by atoms with Crippen molar-refractivity contribution in [1.82, 2.24) is 19.6 Å². The summed E-state index contributed by atoms with van der Waals surface area (Å²) in [6.07, 6.45) is 4.63. The maximum absolute atomic E-state index is 12.7. The zero-order chi connectivity index (χ0) is 18.4. The minimum atomic E-state index is -0.253. The van der Waals surface area contributed by atoms with Gasteiger partial charge in [0.15, 0.2) is 5.69 Å². The summed E-state index contributed by atoms with van der Waals surface area (Å²) >= 11 is 0. The summed E-state index contributed by atoms with van der Waals surface area (Å²) < 4.78 is 1.69. The Morgan fingerprint density at radius 2 is 2.08 bits per heavy atom. The van der Waals surface area contributed by atoms with Crippen LogP contribution in [0.3, 0.4) is 0 Å². The van der Waals surface area contributed by atoms with E-state index in [-0.39, 0.29) is 17.6 Å². The average molecular weight is 344 g/mol. The molecule has 1 N–H and O–H groups in total. The molecule has 2 aromatic rings. The summed E-state index contributed by atoms with van der Waals surface area (Å²) in [7, 11) is 1.77. The number of nitrogens with zero attached hydrogens (tertiary/aromatic N) is 3. The van der Waals surface area contributed by atoms with Gasteiger partial charge >= 0.3 is 0 Å². The van der Waals surface area contributed by atoms with Gasteiger partial charge in [-0.05, 0) is 30.9 Å². The number of fused-ring (bicyclic) bond motifs is 1. The Morgan fingerprint density at radius 1 is 1.32 bits per heavy atom. The molecule has 2 rings (SSSR count). The molecule has 0 atom stereocenters. The van der Waals surface area contributed by atoms with Gasteiger partial charge in [-0.15, -0.1) is 0 Å². The Bertz CT molecular complexity index is 736. The molecule has 2 heterocycles. The molecule has 0 aliphatic rings. The molecule has 0 fully saturated rings. The summed E-state index contributed by atoms with van der Waals surface area (Å²) in [5.41, 5.74) is 0.984. The van der Waals surface area contributed by atoms with Crippen molar-refractivity contribution in [3.8, 4) is 0 Å². The minimum absolute atomic E-state index is 0.154. The van der Waals surface area contributed by atoms with Crippen LogP contribution in [0.5, 0.6) is 0 Å². The molecular formula is C19H28N4O2. The quantitative estimate of drug-likeness (QED) is 0.800. The summed E-state index contributed by atoms with van der Waals surface area (Å²) in [6.45, 7) is 7.58. The topological polar surface area (TPSA) is 66.7 Å². The van der Waals surface area contributed by atoms with Crippen molar-refractivity contribution < 1.29 is 9.59 Å². The zero-order valence-electron chi connectivity index (χ0n) is 15.6. The van der Waals surface area contributed by atoms with E-state index in [9.17, 15) is 9.59 Å². The van der Waals surface area contributed by atoms with E-state index in [0.29, 0.717) is 30.2 Å². The van der Waals surface area contributed by atoms with Crippen LogP contribution in [0, 0.1) is 5.92 Å². The molecule has 0 radical (unpaired) electrons. The maximum atomic E-state index is 12.7. The van der Waals surface area contributed by atoms with Crippen LogP contribution < -0.4 is 5.32 Å². The predicted molar refractivity (Wildman–Crippen MR) is 98.8 cm³/mol. The molecule has 6 heteroatoms. The molecule has 0 aromatic carbocycles. The van der Waals surface area contributed by atoms with Gasteiger partial charge in [0.1, 0.15) is 0 Å². The molecule has 0 unspecified atom stereocenters. The van der Waals surface area contributed by atoms with Crippen LogP contribution in [-0.2, 0) is 0 Å². The highest BCUT2D eigenvalue weighted by molar-refractivity contribution is 6.02. The third kappa shape index (κ3) is 4.59. The SMILES string of the molecule is CCCCN(C)C(=O)c1nc(C(=O)NCCC(C)C)n2ccccc12. The molecule has 2 aromatic heterocycles. The number of pyridine rings is 1. The Labute approximate surface area is 149 Å². The van der Waals surface area contributed by atoms with Crippen molar-refractivity contribution in [3.05, 3.63) is 35.9 Å². The van der Waals surface area contributed by atoms with E-state index in [1.165, 1.54) is 0 Å². The first kappa shape index (κ1) is 19.0. The number of hydrogen-bond donors (Lipinski definition) is 1. The number of aromatic nitrogens is 2. The first-order valence-corrected chi connectivity index (χ1v) is 8.96. The van der Waals surface area contributed by atoms with Crippen LogP contribution in [-0.4, -0.2) is 46.2 Å². The zero-order valence-corrected chi connectivity index (χ0v) is 15.6. The summed E-state index contributed by atoms with van der Waals surface area (Å²) in [5.74, 6) is 0.365. The van der Waals surface area contributed by atoms with Crippen molar-refractivity contribution in [3.63, 3.8) is 0 Å². The van der Waals surface area contributed by atoms with Gasteiger partial charge in [-0.3, -0.25) is 14.0 Å². The highest BCUT2D eigenvalue weighted by Gasteiger charge is 2.23. The molecule has 0 aliphatic heterocycles. The Balaban J connectivity index is 2.27. The fourth-order valence-electron chi connectivity index (χ4n) is 2.59. The number of unbranched alkanes of at least 4 members (excludes halogenated alkanes) is 1. The van der Waals surface area contributed by atoms with Gasteiger partial charge in [0.05, 0.1) is 5.52 Å². The molecule has 136 valence electrons. The van der Waals surface area contributed by atoms with E-state index >= 15 is 0 Å². The number of carbonyl (C=O) groups excluding carboxylic acids is 2. The normalized spacial score (nSPS) is 11.1. The number of carbonyl (C=O) groups is 2. The summed E-state index contributed by atoms with van der Waals surface area (Å²) in [6, 6.07) is 5.49. The lowest BCUT2D eigenvalue weighted by atomic mass is 10.1. The van der Waals surface area contributed by atoms with Gasteiger partial charge in [-0.2, -0.15) is 0 Å². The van der Waals surface area contributed by atoms with Crippen molar-refractivity contribution in [2.45, 2.75) is 40.0 Å². The third-order valence-corrected chi connectivity index (χ3v) is 4.16. The Morgan fingerprint density at radius 3 is 2.76 bits per heavy atom. The molecular weight excluding hydrogens is 316 g/mol. The first-order chi connectivity index (χ1) is 12.0. The van der Waals surface area contributed by atoms with Crippen molar-refractivity contribution in [1.29, 1.82) is 0 Å². The second-order valence-electron chi connectivity index (χ2n) is 6.76. The van der Waals surface area contributed by atoms with Crippen molar-refractivity contribution >= 4 is 17.3 Å². The molecule has 2 amide bonds. The summed E-state index contributed by atoms with van der Waals surface area (Å²) in [4.78, 5) is 31.3. The van der Waals surface area contributed by atoms with E-state index in [2.05, 4.69) is 31.1 Å². The highest BCUT2D eigenvalue weighted by Crippen LogP contribution is 2.15. The van der Waals surface area contributed by atoms with Crippen LogP contribution >= 0.6 is 0 Å². The number of amides is 2. The largest absolute Gasteiger partial charge is 0.349 e. The molecule has 0 spiro atoms. The van der Waals surface area contributed by atoms with Gasteiger partial charge in [0.2, 0.25) is 5.82 Å². The highest BCUT2D eigenvalue weighted by atomic mass is 16.2. The van der Waals surface area contributed by atoms with E-state index in [4.69, 9.17) is 0 Å². The lowest BCUT2D eigenvalue weighted by Gasteiger charge is -2.15. The molecule has 0 saturated carbocycles. The maximum Gasteiger partial charge on any atom is 0.287 e. The van der Waals surface area contributed by atoms with Crippen LogP contribution in [0.4, 0.5) is 0 Å². The van der Waals surface area contributed by atoms with Crippen LogP contribution in [0.2, 0.25) is 0 Å². The second kappa shape index (κ2) is 8.65.